The van der Waals surface area contributed by atoms with Crippen LogP contribution in [0, 0.1) is 0 Å². The number of hydrogen-bond acceptors (Lipinski definition) is 4. The Kier molecular flexibility index (Phi) is 37.9. The quantitative estimate of drug-likeness (QED) is 0.0496. The van der Waals surface area contributed by atoms with Crippen LogP contribution in [0.25, 0.3) is 0 Å². The van der Waals surface area contributed by atoms with Gasteiger partial charge in [-0.3, -0.25) is 14.4 Å². The molecular formula is C43H84N2O4. The van der Waals surface area contributed by atoms with E-state index in [1.54, 1.807) is 0 Å². The van der Waals surface area contributed by atoms with Crippen LogP contribution < -0.4 is 10.6 Å². The van der Waals surface area contributed by atoms with Crippen LogP contribution in [0.3, 0.4) is 0 Å². The lowest BCUT2D eigenvalue weighted by molar-refractivity contribution is -0.145. The molecule has 6 heteroatoms. The van der Waals surface area contributed by atoms with Crippen molar-refractivity contribution >= 4 is 17.8 Å². The molecule has 0 fully saturated rings. The molecule has 0 aromatic carbocycles. The molecule has 0 spiro atoms. The molecule has 0 rings (SSSR count). The molecule has 0 heterocycles. The molecule has 0 aromatic heterocycles. The lowest BCUT2D eigenvalue weighted by Crippen LogP contribution is -2.46. The second-order valence-corrected chi connectivity index (χ2v) is 14.9. The number of ether oxygens (including phenoxy) is 1. The molecule has 1 atom stereocenters. The molecule has 49 heavy (non-hydrogen) atoms. The van der Waals surface area contributed by atoms with Gasteiger partial charge >= 0.3 is 5.97 Å². The van der Waals surface area contributed by atoms with Crippen molar-refractivity contribution in [3.8, 4) is 0 Å². The Balaban J connectivity index is 3.94. The number of hydrogen-bond donors (Lipinski definition) is 2. The fourth-order valence-electron chi connectivity index (χ4n) is 6.56. The molecule has 2 amide bonds. The van der Waals surface area contributed by atoms with Crippen LogP contribution in [0.15, 0.2) is 0 Å². The first-order chi connectivity index (χ1) is 24.0. The van der Waals surface area contributed by atoms with E-state index in [-0.39, 0.29) is 24.4 Å². The number of carbonyl (C=O) groups excluding carboxylic acids is 3. The van der Waals surface area contributed by atoms with Crippen molar-refractivity contribution in [2.45, 2.75) is 245 Å². The molecule has 0 saturated heterocycles. The van der Waals surface area contributed by atoms with E-state index in [0.717, 1.165) is 32.1 Å². The van der Waals surface area contributed by atoms with Gasteiger partial charge < -0.3 is 15.4 Å². The van der Waals surface area contributed by atoms with Crippen LogP contribution >= 0.6 is 0 Å². The molecule has 2 N–H and O–H groups in total. The van der Waals surface area contributed by atoms with Gasteiger partial charge in [-0.05, 0) is 19.3 Å². The molecule has 0 aliphatic heterocycles. The van der Waals surface area contributed by atoms with Crippen LogP contribution in [0.2, 0.25) is 0 Å². The number of carbonyl (C=O) groups is 3. The van der Waals surface area contributed by atoms with E-state index in [0.29, 0.717) is 25.8 Å². The van der Waals surface area contributed by atoms with Crippen molar-refractivity contribution in [3.05, 3.63) is 0 Å². The van der Waals surface area contributed by atoms with Gasteiger partial charge in [-0.15, -0.1) is 0 Å². The number of unbranched alkanes of at least 4 members (excludes halogenated alkanes) is 28. The average molecular weight is 693 g/mol. The van der Waals surface area contributed by atoms with Crippen LogP contribution in [-0.4, -0.2) is 37.0 Å². The molecule has 290 valence electrons. The van der Waals surface area contributed by atoms with Gasteiger partial charge in [0.1, 0.15) is 6.61 Å². The molecule has 1 unspecified atom stereocenters. The predicted molar refractivity (Wildman–Crippen MR) is 210 cm³/mol. The van der Waals surface area contributed by atoms with Gasteiger partial charge in [-0.1, -0.05) is 201 Å². The molecule has 0 bridgehead atoms. The third-order valence-corrected chi connectivity index (χ3v) is 9.83. The molecule has 0 radical (unpaired) electrons. The summed E-state index contributed by atoms with van der Waals surface area (Å²) in [5.41, 5.74) is 0. The summed E-state index contributed by atoms with van der Waals surface area (Å²) in [6, 6.07) is -0.394. The topological polar surface area (TPSA) is 84.5 Å². The zero-order valence-corrected chi connectivity index (χ0v) is 33.2. The fraction of sp³-hybridized carbons (Fsp3) is 0.930. The first kappa shape index (κ1) is 47.4. The average Bonchev–Trinajstić information content (AvgIpc) is 3.09. The predicted octanol–water partition coefficient (Wildman–Crippen LogP) is 12.5. The number of amides is 2. The fourth-order valence-corrected chi connectivity index (χ4v) is 6.56. The summed E-state index contributed by atoms with van der Waals surface area (Å²) in [4.78, 5) is 37.1. The van der Waals surface area contributed by atoms with E-state index in [4.69, 9.17) is 4.74 Å². The third kappa shape index (κ3) is 37.5. The maximum atomic E-state index is 12.7. The Hall–Kier alpha value is -1.59. The lowest BCUT2D eigenvalue weighted by Gasteiger charge is -2.19. The van der Waals surface area contributed by atoms with Gasteiger partial charge in [-0.2, -0.15) is 0 Å². The highest BCUT2D eigenvalue weighted by Crippen LogP contribution is 2.15. The van der Waals surface area contributed by atoms with Crippen molar-refractivity contribution in [2.24, 2.45) is 0 Å². The van der Waals surface area contributed by atoms with E-state index < -0.39 is 6.04 Å². The zero-order valence-electron chi connectivity index (χ0n) is 33.2. The Bertz CT molecular complexity index is 729. The van der Waals surface area contributed by atoms with Gasteiger partial charge in [-0.25, -0.2) is 0 Å². The summed E-state index contributed by atoms with van der Waals surface area (Å²) in [6.07, 6.45) is 41.1. The van der Waals surface area contributed by atoms with Crippen molar-refractivity contribution in [3.63, 3.8) is 0 Å². The Morgan fingerprint density at radius 1 is 0.408 bits per heavy atom. The summed E-state index contributed by atoms with van der Waals surface area (Å²) < 4.78 is 5.39. The normalized spacial score (nSPS) is 11.8. The highest BCUT2D eigenvalue weighted by Gasteiger charge is 2.16. The first-order valence-corrected chi connectivity index (χ1v) is 21.7. The minimum Gasteiger partial charge on any atom is -0.463 e. The second-order valence-electron chi connectivity index (χ2n) is 14.9. The summed E-state index contributed by atoms with van der Waals surface area (Å²) >= 11 is 0. The highest BCUT2D eigenvalue weighted by atomic mass is 16.5. The zero-order chi connectivity index (χ0) is 35.9. The molecule has 0 aromatic rings. The smallest absolute Gasteiger partial charge is 0.305 e. The monoisotopic (exact) mass is 693 g/mol. The minimum absolute atomic E-state index is 0.0104. The highest BCUT2D eigenvalue weighted by molar-refractivity contribution is 5.77. The first-order valence-electron chi connectivity index (χ1n) is 21.7. The van der Waals surface area contributed by atoms with Crippen LogP contribution in [0.1, 0.15) is 239 Å². The Morgan fingerprint density at radius 3 is 1.08 bits per heavy atom. The minimum atomic E-state index is -0.394. The molecule has 0 aliphatic carbocycles. The Morgan fingerprint density at radius 2 is 0.735 bits per heavy atom. The van der Waals surface area contributed by atoms with Gasteiger partial charge in [0.15, 0.2) is 0 Å². The van der Waals surface area contributed by atoms with E-state index in [1.807, 2.05) is 6.92 Å². The Labute approximate surface area is 305 Å². The van der Waals surface area contributed by atoms with Gasteiger partial charge in [0.2, 0.25) is 11.8 Å². The number of esters is 1. The van der Waals surface area contributed by atoms with Gasteiger partial charge in [0.25, 0.3) is 0 Å². The summed E-state index contributed by atoms with van der Waals surface area (Å²) in [7, 11) is 0. The molecule has 0 aliphatic rings. The van der Waals surface area contributed by atoms with Crippen molar-refractivity contribution < 1.29 is 19.1 Å². The molecular weight excluding hydrogens is 608 g/mol. The third-order valence-electron chi connectivity index (χ3n) is 9.83. The maximum absolute atomic E-state index is 12.7. The van der Waals surface area contributed by atoms with Crippen molar-refractivity contribution in [1.82, 2.24) is 10.6 Å². The number of nitrogens with one attached hydrogen (secondary N) is 2. The largest absolute Gasteiger partial charge is 0.463 e. The maximum Gasteiger partial charge on any atom is 0.305 e. The van der Waals surface area contributed by atoms with Gasteiger partial charge in [0, 0.05) is 25.8 Å². The van der Waals surface area contributed by atoms with Crippen LogP contribution in [0.5, 0.6) is 0 Å². The van der Waals surface area contributed by atoms with Crippen LogP contribution in [0.4, 0.5) is 0 Å². The number of rotatable bonds is 39. The SMILES string of the molecule is CCCCCCCCCCCCCCCCCC(=O)NCC(COC(=O)CCC)NC(=O)CCCCCCCCCCCCCCCCC. The van der Waals surface area contributed by atoms with E-state index >= 15 is 0 Å². The molecule has 6 nitrogen and oxygen atoms in total. The van der Waals surface area contributed by atoms with Gasteiger partial charge in [0.05, 0.1) is 6.04 Å². The summed E-state index contributed by atoms with van der Waals surface area (Å²) in [5.74, 6) is -0.271. The summed E-state index contributed by atoms with van der Waals surface area (Å²) in [6.45, 7) is 6.88. The standard InChI is InChI=1S/C43H84N2O4/c1-4-7-9-11-13-15-17-19-21-23-25-27-29-31-33-36-41(46)44-38-40(39-49-43(48)35-6-3)45-42(47)37-34-32-30-28-26-24-22-20-18-16-14-12-10-8-5-2/h40H,4-39H2,1-3H3,(H,44,46)(H,45,47). The summed E-state index contributed by atoms with van der Waals surface area (Å²) in [5, 5.41) is 5.98. The second kappa shape index (κ2) is 39.2. The van der Waals surface area contributed by atoms with E-state index in [9.17, 15) is 14.4 Å². The van der Waals surface area contributed by atoms with Crippen LogP contribution in [-0.2, 0) is 19.1 Å². The van der Waals surface area contributed by atoms with E-state index in [2.05, 4.69) is 24.5 Å². The lowest BCUT2D eigenvalue weighted by atomic mass is 10.0. The molecule has 0 saturated carbocycles. The van der Waals surface area contributed by atoms with E-state index in [1.165, 1.54) is 167 Å². The van der Waals surface area contributed by atoms with Crippen molar-refractivity contribution in [1.29, 1.82) is 0 Å². The van der Waals surface area contributed by atoms with Crippen molar-refractivity contribution in [2.75, 3.05) is 13.2 Å².